The number of hydrogen-bond donors (Lipinski definition) is 2. The van der Waals surface area contributed by atoms with Gasteiger partial charge in [0, 0.05) is 82.5 Å². The number of rotatable bonds is 19. The Morgan fingerprint density at radius 1 is 0.571 bits per heavy atom. The van der Waals surface area contributed by atoms with E-state index in [1.165, 1.54) is 42.4 Å². The van der Waals surface area contributed by atoms with Crippen LogP contribution in [0.5, 0.6) is 0 Å². The molecular weight excluding hydrogens is 1130 g/mol. The van der Waals surface area contributed by atoms with E-state index in [0.717, 1.165) is 67.5 Å². The quantitative estimate of drug-likeness (QED) is 0.0575. The second-order valence-corrected chi connectivity index (χ2v) is 20.2. The molecule has 30 heteroatoms. The highest BCUT2D eigenvalue weighted by Crippen LogP contribution is 2.40. The van der Waals surface area contributed by atoms with Crippen molar-refractivity contribution in [2.75, 3.05) is 52.4 Å². The number of tetrazole rings is 2. The molecule has 8 rings (SSSR count). The molecule has 2 aliphatic carbocycles. The fraction of sp³-hybridized carbons (Fsp3) is 0.519. The SMILES string of the molecule is CCN(CC1CCCC1)c1ncc(C(=O)O)cc1CN(Cc1cc(C(F)(F)F)cc(C(F)(F)F)c1)c1nnn(C)n1.CCO.[C-]#[N+]c1cnc(N(CC)CC2CCCC2)c(CN(Cc2cc(C(F)(F)F)cc(C(F)(F)F)c2)c2nnn(C)n2)c1. The third kappa shape index (κ3) is 18.1. The van der Waals surface area contributed by atoms with E-state index < -0.39 is 59.5 Å². The van der Waals surface area contributed by atoms with E-state index in [0.29, 0.717) is 78.5 Å². The summed E-state index contributed by atoms with van der Waals surface area (Å²) >= 11 is 0. The molecule has 0 aliphatic heterocycles. The molecule has 0 radical (unpaired) electrons. The number of aromatic nitrogens is 10. The molecule has 2 aromatic carbocycles. The molecule has 0 bridgehead atoms. The first kappa shape index (κ1) is 65.3. The van der Waals surface area contributed by atoms with Crippen LogP contribution in [0.1, 0.15) is 127 Å². The number of alkyl halides is 12. The Morgan fingerprint density at radius 2 is 0.929 bits per heavy atom. The Hall–Kier alpha value is -7.84. The number of pyridine rings is 2. The number of carbonyl (C=O) groups is 1. The van der Waals surface area contributed by atoms with E-state index in [1.807, 2.05) is 18.7 Å². The van der Waals surface area contributed by atoms with Crippen LogP contribution in [0.4, 0.5) is 81.9 Å². The van der Waals surface area contributed by atoms with Crippen molar-refractivity contribution in [2.45, 2.75) is 123 Å². The standard InChI is InChI=1S/C26H28F6N8.C26H29F6N7O2.C2H6O/c1-4-39(14-17-7-5-6-8-17)23-19(11-22(33-2)13-34-23)16-40(24-35-37-38(3)36-24)15-18-9-20(25(27,28)29)12-21(10-18)26(30,31)32;1-3-38(13-16-6-4-5-7-16)22-19(10-18(12-33-22)23(40)41)15-39(24-34-36-37(2)35-24)14-17-8-20(25(27,28)29)11-21(9-17)26(30,31)32;1-2-3/h9-13,17H,4-8,14-16H2,1,3H3;8-12,16H,3-7,13-15H2,1-2H3,(H,40,41);3H,2H2,1H3. The Balaban J connectivity index is 0.000000257. The van der Waals surface area contributed by atoms with Crippen LogP contribution in [0, 0.1) is 18.4 Å². The van der Waals surface area contributed by atoms with Gasteiger partial charge in [-0.1, -0.05) is 35.9 Å². The number of carboxylic acid groups (broad SMARTS) is 1. The van der Waals surface area contributed by atoms with Crippen LogP contribution in [0.3, 0.4) is 0 Å². The van der Waals surface area contributed by atoms with Gasteiger partial charge in [-0.25, -0.2) is 14.6 Å². The van der Waals surface area contributed by atoms with Crippen molar-refractivity contribution < 1.29 is 67.7 Å². The van der Waals surface area contributed by atoms with Gasteiger partial charge in [0.15, 0.2) is 0 Å². The summed E-state index contributed by atoms with van der Waals surface area (Å²) in [4.78, 5) is 33.3. The van der Waals surface area contributed by atoms with Crippen LogP contribution in [0.2, 0.25) is 0 Å². The van der Waals surface area contributed by atoms with Crippen molar-refractivity contribution >= 4 is 35.2 Å². The van der Waals surface area contributed by atoms with Crippen LogP contribution in [-0.4, -0.2) is 99.4 Å². The molecular formula is C54H63F12N15O3. The van der Waals surface area contributed by atoms with Gasteiger partial charge in [0.05, 0.1) is 48.5 Å². The normalized spacial score (nSPS) is 14.1. The second kappa shape index (κ2) is 28.2. The summed E-state index contributed by atoms with van der Waals surface area (Å²) in [7, 11) is 2.95. The third-order valence-electron chi connectivity index (χ3n) is 13.8. The van der Waals surface area contributed by atoms with Gasteiger partial charge in [-0.05, 0) is 128 Å². The zero-order valence-electron chi connectivity index (χ0n) is 46.5. The van der Waals surface area contributed by atoms with E-state index in [4.69, 9.17) is 11.7 Å². The third-order valence-corrected chi connectivity index (χ3v) is 13.8. The molecule has 0 unspecified atom stereocenters. The average molecular weight is 1200 g/mol. The summed E-state index contributed by atoms with van der Waals surface area (Å²) in [6, 6.07) is 5.85. The fourth-order valence-electron chi connectivity index (χ4n) is 9.98. The number of halogens is 12. The first-order chi connectivity index (χ1) is 39.5. The monoisotopic (exact) mass is 1200 g/mol. The van der Waals surface area contributed by atoms with Crippen molar-refractivity contribution in [3.63, 3.8) is 0 Å². The summed E-state index contributed by atoms with van der Waals surface area (Å²) in [6.07, 6.45) is -8.47. The van der Waals surface area contributed by atoms with Crippen LogP contribution in [-0.2, 0) is 65.0 Å². The topological polar surface area (TPSA) is 188 Å². The second-order valence-electron chi connectivity index (χ2n) is 20.2. The number of hydrogen-bond acceptors (Lipinski definition) is 14. The van der Waals surface area contributed by atoms with E-state index in [2.05, 4.69) is 50.5 Å². The molecule has 4 heterocycles. The molecule has 0 saturated heterocycles. The van der Waals surface area contributed by atoms with E-state index in [1.54, 1.807) is 13.0 Å². The number of anilines is 4. The number of aliphatic hydroxyl groups is 1. The van der Waals surface area contributed by atoms with Crippen molar-refractivity contribution in [3.05, 3.63) is 122 Å². The van der Waals surface area contributed by atoms with Crippen LogP contribution < -0.4 is 19.6 Å². The number of carboxylic acids is 1. The van der Waals surface area contributed by atoms with Crippen molar-refractivity contribution in [1.82, 2.24) is 50.4 Å². The highest BCUT2D eigenvalue weighted by molar-refractivity contribution is 5.88. The molecule has 2 N–H and O–H groups in total. The lowest BCUT2D eigenvalue weighted by Crippen LogP contribution is -2.32. The summed E-state index contributed by atoms with van der Waals surface area (Å²) in [6.45, 7) is 14.9. The molecule has 0 spiro atoms. The van der Waals surface area contributed by atoms with Crippen LogP contribution in [0.25, 0.3) is 4.85 Å². The minimum Gasteiger partial charge on any atom is -0.478 e. The number of benzene rings is 2. The van der Waals surface area contributed by atoms with Gasteiger partial charge in [-0.3, -0.25) is 4.98 Å². The fourth-order valence-corrected chi connectivity index (χ4v) is 9.98. The predicted molar refractivity (Wildman–Crippen MR) is 284 cm³/mol. The van der Waals surface area contributed by atoms with E-state index in [-0.39, 0.29) is 72.6 Å². The van der Waals surface area contributed by atoms with Gasteiger partial charge in [0.25, 0.3) is 11.9 Å². The van der Waals surface area contributed by atoms with Gasteiger partial charge in [0.2, 0.25) is 5.69 Å². The molecule has 2 saturated carbocycles. The predicted octanol–water partition coefficient (Wildman–Crippen LogP) is 12.0. The number of aromatic carboxylic acids is 1. The summed E-state index contributed by atoms with van der Waals surface area (Å²) in [5, 5.41) is 40.9. The lowest BCUT2D eigenvalue weighted by atomic mass is 10.0. The van der Waals surface area contributed by atoms with Gasteiger partial charge >= 0.3 is 30.7 Å². The van der Waals surface area contributed by atoms with Gasteiger partial charge in [-0.15, -0.1) is 10.2 Å². The van der Waals surface area contributed by atoms with Crippen molar-refractivity contribution in [1.29, 1.82) is 0 Å². The van der Waals surface area contributed by atoms with Crippen LogP contribution >= 0.6 is 0 Å². The van der Waals surface area contributed by atoms with E-state index in [9.17, 15) is 62.6 Å². The Kier molecular flexibility index (Phi) is 21.9. The maximum atomic E-state index is 13.5. The first-order valence-electron chi connectivity index (χ1n) is 26.8. The molecule has 6 aromatic rings. The number of nitrogens with zero attached hydrogens (tertiary/aromatic N) is 15. The minimum absolute atomic E-state index is 0.00600. The molecule has 0 atom stereocenters. The van der Waals surface area contributed by atoms with Gasteiger partial charge in [-0.2, -0.15) is 62.3 Å². The maximum Gasteiger partial charge on any atom is 0.416 e. The molecule has 18 nitrogen and oxygen atoms in total. The summed E-state index contributed by atoms with van der Waals surface area (Å²) < 4.78 is 162. The average Bonchev–Trinajstić information content (AvgIpc) is 3.86. The lowest BCUT2D eigenvalue weighted by molar-refractivity contribution is -0.144. The Labute approximate surface area is 475 Å². The number of aliphatic hydroxyl groups excluding tert-OH is 1. The Bertz CT molecular complexity index is 3100. The largest absolute Gasteiger partial charge is 0.478 e. The first-order valence-corrected chi connectivity index (χ1v) is 26.8. The van der Waals surface area contributed by atoms with Crippen LogP contribution in [0.15, 0.2) is 60.9 Å². The lowest BCUT2D eigenvalue weighted by Gasteiger charge is -2.29. The summed E-state index contributed by atoms with van der Waals surface area (Å²) in [5.41, 5.74) is -5.12. The van der Waals surface area contributed by atoms with Crippen molar-refractivity contribution in [2.24, 2.45) is 25.9 Å². The zero-order valence-corrected chi connectivity index (χ0v) is 46.5. The number of aryl methyl sites for hydroxylation is 2. The molecule has 2 fully saturated rings. The van der Waals surface area contributed by atoms with E-state index >= 15 is 0 Å². The molecule has 4 aromatic heterocycles. The zero-order chi connectivity index (χ0) is 61.7. The highest BCUT2D eigenvalue weighted by atomic mass is 19.4. The molecule has 456 valence electrons. The molecule has 2 aliphatic rings. The molecule has 0 amide bonds. The Morgan fingerprint density at radius 3 is 1.24 bits per heavy atom. The smallest absolute Gasteiger partial charge is 0.416 e. The minimum atomic E-state index is -5.01. The summed E-state index contributed by atoms with van der Waals surface area (Å²) in [5.74, 6) is 0.678. The van der Waals surface area contributed by atoms with Gasteiger partial charge < -0.3 is 29.8 Å². The highest BCUT2D eigenvalue weighted by Gasteiger charge is 2.39. The van der Waals surface area contributed by atoms with Gasteiger partial charge in [0.1, 0.15) is 11.6 Å². The molecule has 84 heavy (non-hydrogen) atoms. The maximum absolute atomic E-state index is 13.5. The van der Waals surface area contributed by atoms with Crippen molar-refractivity contribution in [3.8, 4) is 0 Å².